The Morgan fingerprint density at radius 1 is 1.12 bits per heavy atom. The lowest BCUT2D eigenvalue weighted by Crippen LogP contribution is -2.44. The molecule has 3 rings (SSSR count). The highest BCUT2D eigenvalue weighted by molar-refractivity contribution is 8.26. The Bertz CT molecular complexity index is 894. The first kappa shape index (κ1) is 17.0. The van der Waals surface area contributed by atoms with Crippen LogP contribution in [-0.2, 0) is 4.79 Å². The maximum Gasteiger partial charge on any atom is 0.285 e. The number of thiocarbonyl (C=S) groups is 1. The number of rotatable bonds is 3. The molecule has 1 heterocycles. The van der Waals surface area contributed by atoms with Crippen LogP contribution in [-0.4, -0.2) is 31.4 Å². The SMILES string of the molecule is O=C(NN1C(=O)C(=Cc2cccc(O)c2)SC1=S)c1ccc(O)cc1. The van der Waals surface area contributed by atoms with E-state index in [4.69, 9.17) is 12.2 Å². The summed E-state index contributed by atoms with van der Waals surface area (Å²) in [5, 5.41) is 19.7. The summed E-state index contributed by atoms with van der Waals surface area (Å²) in [6.45, 7) is 0. The molecule has 25 heavy (non-hydrogen) atoms. The van der Waals surface area contributed by atoms with Crippen LogP contribution in [0.15, 0.2) is 53.4 Å². The summed E-state index contributed by atoms with van der Waals surface area (Å²) < 4.78 is 0.198. The quantitative estimate of drug-likeness (QED) is 0.567. The number of nitrogens with one attached hydrogen (secondary N) is 1. The van der Waals surface area contributed by atoms with Crippen molar-refractivity contribution in [1.29, 1.82) is 0 Å². The lowest BCUT2D eigenvalue weighted by atomic mass is 10.2. The maximum atomic E-state index is 12.5. The summed E-state index contributed by atoms with van der Waals surface area (Å²) in [6, 6.07) is 12.1. The van der Waals surface area contributed by atoms with Gasteiger partial charge >= 0.3 is 0 Å². The molecule has 1 fully saturated rings. The molecule has 1 aliphatic heterocycles. The molecule has 0 unspecified atom stereocenters. The normalized spacial score (nSPS) is 15.7. The van der Waals surface area contributed by atoms with Gasteiger partial charge in [-0.05, 0) is 60.3 Å². The van der Waals surface area contributed by atoms with Crippen molar-refractivity contribution in [2.75, 3.05) is 0 Å². The van der Waals surface area contributed by atoms with Crippen molar-refractivity contribution in [3.63, 3.8) is 0 Å². The van der Waals surface area contributed by atoms with Crippen molar-refractivity contribution in [2.24, 2.45) is 0 Å². The number of amides is 2. The second-order valence-electron chi connectivity index (χ2n) is 5.10. The van der Waals surface area contributed by atoms with Gasteiger partial charge in [-0.25, -0.2) is 0 Å². The molecule has 0 aliphatic carbocycles. The van der Waals surface area contributed by atoms with E-state index in [2.05, 4.69) is 5.43 Å². The molecule has 0 radical (unpaired) electrons. The molecule has 6 nitrogen and oxygen atoms in total. The van der Waals surface area contributed by atoms with Crippen LogP contribution in [0.4, 0.5) is 0 Å². The number of aromatic hydroxyl groups is 2. The van der Waals surface area contributed by atoms with Crippen LogP contribution in [0.5, 0.6) is 11.5 Å². The van der Waals surface area contributed by atoms with Crippen LogP contribution in [0.1, 0.15) is 15.9 Å². The lowest BCUT2D eigenvalue weighted by molar-refractivity contribution is -0.123. The van der Waals surface area contributed by atoms with Gasteiger partial charge in [0.15, 0.2) is 4.32 Å². The van der Waals surface area contributed by atoms with E-state index in [-0.39, 0.29) is 21.4 Å². The van der Waals surface area contributed by atoms with Crippen molar-refractivity contribution >= 4 is 46.2 Å². The van der Waals surface area contributed by atoms with Crippen molar-refractivity contribution in [3.8, 4) is 11.5 Å². The van der Waals surface area contributed by atoms with Gasteiger partial charge in [-0.3, -0.25) is 15.0 Å². The van der Waals surface area contributed by atoms with Crippen LogP contribution < -0.4 is 5.43 Å². The fourth-order valence-electron chi connectivity index (χ4n) is 2.11. The van der Waals surface area contributed by atoms with Crippen molar-refractivity contribution in [2.45, 2.75) is 0 Å². The fraction of sp³-hybridized carbons (Fsp3) is 0. The zero-order valence-electron chi connectivity index (χ0n) is 12.7. The van der Waals surface area contributed by atoms with E-state index in [9.17, 15) is 19.8 Å². The van der Waals surface area contributed by atoms with E-state index in [1.54, 1.807) is 18.2 Å². The summed E-state index contributed by atoms with van der Waals surface area (Å²) in [4.78, 5) is 25.0. The Hall–Kier alpha value is -2.84. The average Bonchev–Trinajstić information content (AvgIpc) is 2.83. The van der Waals surface area contributed by atoms with E-state index >= 15 is 0 Å². The number of hydrogen-bond donors (Lipinski definition) is 3. The molecule has 2 aromatic rings. The molecular weight excluding hydrogens is 360 g/mol. The minimum Gasteiger partial charge on any atom is -0.508 e. The topological polar surface area (TPSA) is 89.9 Å². The molecule has 2 amide bonds. The van der Waals surface area contributed by atoms with Gasteiger partial charge in [0.05, 0.1) is 4.91 Å². The lowest BCUT2D eigenvalue weighted by Gasteiger charge is -2.15. The van der Waals surface area contributed by atoms with Crippen LogP contribution in [0, 0.1) is 0 Å². The fourth-order valence-corrected chi connectivity index (χ4v) is 3.29. The zero-order chi connectivity index (χ0) is 18.0. The Balaban J connectivity index is 1.77. The summed E-state index contributed by atoms with van der Waals surface area (Å²) in [6.07, 6.45) is 1.59. The number of hydrogen-bond acceptors (Lipinski definition) is 6. The number of phenols is 2. The van der Waals surface area contributed by atoms with E-state index < -0.39 is 11.8 Å². The summed E-state index contributed by atoms with van der Waals surface area (Å²) in [5.41, 5.74) is 3.38. The first-order valence-corrected chi connectivity index (χ1v) is 8.33. The molecule has 0 aromatic heterocycles. The number of carbonyl (C=O) groups is 2. The van der Waals surface area contributed by atoms with E-state index in [0.717, 1.165) is 16.8 Å². The number of thioether (sulfide) groups is 1. The molecule has 2 aromatic carbocycles. The van der Waals surface area contributed by atoms with Crippen LogP contribution in [0.25, 0.3) is 6.08 Å². The summed E-state index contributed by atoms with van der Waals surface area (Å²) in [5.74, 6) is -0.846. The molecule has 3 N–H and O–H groups in total. The van der Waals surface area contributed by atoms with Crippen LogP contribution in [0.3, 0.4) is 0 Å². The molecule has 0 atom stereocenters. The standard InChI is InChI=1S/C17H12N2O4S2/c20-12-6-4-11(5-7-12)15(22)18-19-16(23)14(25-17(19)24)9-10-2-1-3-13(21)8-10/h1-9,20-21H,(H,18,22). The van der Waals surface area contributed by atoms with Crippen molar-refractivity contribution in [3.05, 3.63) is 64.6 Å². The Labute approximate surface area is 152 Å². The molecule has 0 saturated carbocycles. The molecule has 126 valence electrons. The van der Waals surface area contributed by atoms with Gasteiger partial charge in [0.25, 0.3) is 11.8 Å². The van der Waals surface area contributed by atoms with Gasteiger partial charge in [0, 0.05) is 5.56 Å². The minimum absolute atomic E-state index is 0.0382. The third kappa shape index (κ3) is 3.81. The van der Waals surface area contributed by atoms with Gasteiger partial charge in [-0.15, -0.1) is 0 Å². The predicted octanol–water partition coefficient (Wildman–Crippen LogP) is 2.64. The van der Waals surface area contributed by atoms with Gasteiger partial charge in [0.1, 0.15) is 11.5 Å². The van der Waals surface area contributed by atoms with E-state index in [1.165, 1.54) is 36.4 Å². The molecule has 0 bridgehead atoms. The predicted molar refractivity (Wildman–Crippen MR) is 98.7 cm³/mol. The van der Waals surface area contributed by atoms with Gasteiger partial charge in [0.2, 0.25) is 0 Å². The Morgan fingerprint density at radius 3 is 2.52 bits per heavy atom. The van der Waals surface area contributed by atoms with Crippen molar-refractivity contribution in [1.82, 2.24) is 10.4 Å². The van der Waals surface area contributed by atoms with Gasteiger partial charge < -0.3 is 10.2 Å². The average molecular weight is 372 g/mol. The largest absolute Gasteiger partial charge is 0.508 e. The third-order valence-electron chi connectivity index (χ3n) is 3.30. The first-order chi connectivity index (χ1) is 11.9. The monoisotopic (exact) mass is 372 g/mol. The first-order valence-electron chi connectivity index (χ1n) is 7.11. The highest BCUT2D eigenvalue weighted by Gasteiger charge is 2.33. The molecule has 0 spiro atoms. The second-order valence-corrected chi connectivity index (χ2v) is 6.78. The highest BCUT2D eigenvalue weighted by atomic mass is 32.2. The summed E-state index contributed by atoms with van der Waals surface area (Å²) in [7, 11) is 0. The minimum atomic E-state index is -0.519. The Morgan fingerprint density at radius 2 is 1.84 bits per heavy atom. The van der Waals surface area contributed by atoms with Gasteiger partial charge in [-0.1, -0.05) is 23.9 Å². The third-order valence-corrected chi connectivity index (χ3v) is 4.61. The summed E-state index contributed by atoms with van der Waals surface area (Å²) >= 11 is 6.20. The molecule has 1 aliphatic rings. The van der Waals surface area contributed by atoms with Gasteiger partial charge in [-0.2, -0.15) is 5.01 Å². The number of phenolic OH excluding ortho intramolecular Hbond substituents is 2. The number of carbonyl (C=O) groups excluding carboxylic acids is 2. The van der Waals surface area contributed by atoms with E-state index in [0.29, 0.717) is 10.5 Å². The second kappa shape index (κ2) is 6.96. The highest BCUT2D eigenvalue weighted by Crippen LogP contribution is 2.31. The maximum absolute atomic E-state index is 12.5. The zero-order valence-corrected chi connectivity index (χ0v) is 14.3. The number of nitrogens with zero attached hydrogens (tertiary/aromatic N) is 1. The molecule has 1 saturated heterocycles. The smallest absolute Gasteiger partial charge is 0.285 e. The van der Waals surface area contributed by atoms with Crippen molar-refractivity contribution < 1.29 is 19.8 Å². The number of hydrazine groups is 1. The Kier molecular flexibility index (Phi) is 4.73. The van der Waals surface area contributed by atoms with Crippen LogP contribution in [0.2, 0.25) is 0 Å². The van der Waals surface area contributed by atoms with Crippen LogP contribution >= 0.6 is 24.0 Å². The molecule has 8 heteroatoms. The van der Waals surface area contributed by atoms with E-state index in [1.807, 2.05) is 0 Å². The number of benzene rings is 2. The molecular formula is C17H12N2O4S2.